The van der Waals surface area contributed by atoms with Gasteiger partial charge in [-0.1, -0.05) is 76.1 Å². The van der Waals surface area contributed by atoms with Crippen molar-refractivity contribution in [3.63, 3.8) is 0 Å². The van der Waals surface area contributed by atoms with E-state index in [1.807, 2.05) is 0 Å². The summed E-state index contributed by atoms with van der Waals surface area (Å²) >= 11 is 7.17. The lowest BCUT2D eigenvalue weighted by molar-refractivity contribution is 0.412. The molecule has 0 saturated heterocycles. The molecular formula is C39H48ClNO2. The average Bonchev–Trinajstić information content (AvgIpc) is 3.21. The van der Waals surface area contributed by atoms with E-state index in [0.29, 0.717) is 5.92 Å². The molecular weight excluding hydrogens is 550 g/mol. The first-order valence-electron chi connectivity index (χ1n) is 15.8. The first-order chi connectivity index (χ1) is 20.5. The second-order valence-corrected chi connectivity index (χ2v) is 13.5. The molecule has 1 aliphatic heterocycles. The summed E-state index contributed by atoms with van der Waals surface area (Å²) in [7, 11) is 3.48. The van der Waals surface area contributed by atoms with Gasteiger partial charge in [0.15, 0.2) is 0 Å². The van der Waals surface area contributed by atoms with Crippen molar-refractivity contribution in [1.82, 2.24) is 0 Å². The van der Waals surface area contributed by atoms with Crippen LogP contribution in [0.4, 0.5) is 5.69 Å². The minimum atomic E-state index is -0.129. The fourth-order valence-corrected chi connectivity index (χ4v) is 7.94. The van der Waals surface area contributed by atoms with Crippen LogP contribution in [0.15, 0.2) is 93.7 Å². The van der Waals surface area contributed by atoms with E-state index >= 15 is 0 Å². The van der Waals surface area contributed by atoms with Gasteiger partial charge in [0.2, 0.25) is 0 Å². The van der Waals surface area contributed by atoms with E-state index in [1.165, 1.54) is 50.4 Å². The first-order valence-corrected chi connectivity index (χ1v) is 16.2. The molecule has 0 radical (unpaired) electrons. The maximum absolute atomic E-state index is 7.17. The molecule has 0 spiro atoms. The van der Waals surface area contributed by atoms with Crippen molar-refractivity contribution >= 4 is 17.3 Å². The fraction of sp³-hybridized carbons (Fsp3) is 0.436. The van der Waals surface area contributed by atoms with Crippen molar-refractivity contribution in [2.24, 2.45) is 0 Å². The highest BCUT2D eigenvalue weighted by molar-refractivity contribution is 6.32. The number of hydrogen-bond acceptors (Lipinski definition) is 3. The van der Waals surface area contributed by atoms with Gasteiger partial charge in [-0.15, -0.1) is 0 Å². The van der Waals surface area contributed by atoms with Gasteiger partial charge in [-0.25, -0.2) is 0 Å². The Kier molecular flexibility index (Phi) is 8.78. The molecule has 228 valence electrons. The largest absolute Gasteiger partial charge is 0.497 e. The van der Waals surface area contributed by atoms with E-state index < -0.39 is 0 Å². The van der Waals surface area contributed by atoms with E-state index in [2.05, 4.69) is 114 Å². The van der Waals surface area contributed by atoms with Crippen LogP contribution in [0.25, 0.3) is 0 Å². The first kappa shape index (κ1) is 31.3. The molecule has 3 nitrogen and oxygen atoms in total. The predicted octanol–water partition coefficient (Wildman–Crippen LogP) is 10.7. The molecule has 0 amide bonds. The van der Waals surface area contributed by atoms with E-state index in [-0.39, 0.29) is 10.8 Å². The Labute approximate surface area is 264 Å². The van der Waals surface area contributed by atoms with Gasteiger partial charge in [0.25, 0.3) is 0 Å². The monoisotopic (exact) mass is 597 g/mol. The predicted molar refractivity (Wildman–Crippen MR) is 183 cm³/mol. The van der Waals surface area contributed by atoms with Gasteiger partial charge in [-0.3, -0.25) is 0 Å². The van der Waals surface area contributed by atoms with E-state index in [9.17, 15) is 0 Å². The molecule has 0 saturated carbocycles. The Morgan fingerprint density at radius 1 is 0.884 bits per heavy atom. The number of rotatable bonds is 7. The van der Waals surface area contributed by atoms with Crippen LogP contribution in [0.3, 0.4) is 0 Å². The van der Waals surface area contributed by atoms with E-state index in [1.54, 1.807) is 14.2 Å². The molecule has 4 heteroatoms. The summed E-state index contributed by atoms with van der Waals surface area (Å²) in [6.45, 7) is 17.0. The van der Waals surface area contributed by atoms with Crippen LogP contribution >= 0.6 is 11.6 Å². The van der Waals surface area contributed by atoms with Gasteiger partial charge in [-0.2, -0.15) is 0 Å². The number of methoxy groups -OCH3 is 2. The second-order valence-electron chi connectivity index (χ2n) is 13.2. The average molecular weight is 598 g/mol. The third-order valence-corrected chi connectivity index (χ3v) is 10.6. The molecule has 5 rings (SSSR count). The van der Waals surface area contributed by atoms with Crippen LogP contribution in [-0.2, 0) is 10.8 Å². The van der Waals surface area contributed by atoms with Crippen LogP contribution in [0, 0.1) is 0 Å². The number of ether oxygens (including phenoxy) is 2. The lowest BCUT2D eigenvalue weighted by atomic mass is 9.64. The normalized spacial score (nSPS) is 22.9. The lowest BCUT2D eigenvalue weighted by Crippen LogP contribution is -2.29. The van der Waals surface area contributed by atoms with Gasteiger partial charge in [-0.05, 0) is 109 Å². The van der Waals surface area contributed by atoms with Crippen LogP contribution < -0.4 is 14.4 Å². The Bertz CT molecular complexity index is 1570. The van der Waals surface area contributed by atoms with Crippen LogP contribution in [-0.4, -0.2) is 20.8 Å². The lowest BCUT2D eigenvalue weighted by Gasteiger charge is -2.40. The van der Waals surface area contributed by atoms with Crippen molar-refractivity contribution in [2.45, 2.75) is 90.9 Å². The van der Waals surface area contributed by atoms with Crippen LogP contribution in [0.1, 0.15) is 96.8 Å². The molecule has 0 N–H and O–H groups in total. The summed E-state index contributed by atoms with van der Waals surface area (Å²) in [6, 6.07) is 13.0. The van der Waals surface area contributed by atoms with Crippen molar-refractivity contribution in [1.29, 1.82) is 0 Å². The molecule has 2 aliphatic carbocycles. The van der Waals surface area contributed by atoms with Gasteiger partial charge in [0.05, 0.1) is 14.2 Å². The van der Waals surface area contributed by atoms with E-state index in [0.717, 1.165) is 48.8 Å². The van der Waals surface area contributed by atoms with Crippen molar-refractivity contribution in [3.05, 3.63) is 110 Å². The molecule has 1 unspecified atom stereocenters. The number of likely N-dealkylation sites (N-methyl/N-ethyl adjacent to an activating group) is 1. The third-order valence-electron chi connectivity index (χ3n) is 10.1. The van der Waals surface area contributed by atoms with Crippen LogP contribution in [0.2, 0.25) is 0 Å². The van der Waals surface area contributed by atoms with Gasteiger partial charge in [0.1, 0.15) is 11.5 Å². The summed E-state index contributed by atoms with van der Waals surface area (Å²) in [6.07, 6.45) is 13.4. The maximum atomic E-state index is 7.17. The number of nitrogens with zero attached hydrogens (tertiary/aromatic N) is 1. The molecule has 0 aromatic heterocycles. The number of allylic oxidation sites excluding steroid dienone is 10. The standard InChI is InChI=1S/C39H48ClNO2/c1-10-30-25(3)32(38(4,5)33-23-28(42-8)17-19-31(30)33)20-15-26-13-12-14-27(37(26)40)16-22-36-39(6,7)34-24-29(43-9)18-21-35(34)41(36)11-2/h15-24,30H,10-14H2,1-9H3/b20-15+,27-16+,36-22-. The zero-order valence-electron chi connectivity index (χ0n) is 27.5. The summed E-state index contributed by atoms with van der Waals surface area (Å²) in [5.41, 5.74) is 11.7. The van der Waals surface area contributed by atoms with Crippen molar-refractivity contribution < 1.29 is 9.47 Å². The molecule has 1 atom stereocenters. The topological polar surface area (TPSA) is 21.7 Å². The van der Waals surface area contributed by atoms with Crippen molar-refractivity contribution in [3.8, 4) is 11.5 Å². The summed E-state index contributed by atoms with van der Waals surface area (Å²) in [4.78, 5) is 2.42. The third kappa shape index (κ3) is 5.39. The quantitative estimate of drug-likeness (QED) is 0.317. The molecule has 3 aliphatic rings. The molecule has 2 aromatic rings. The molecule has 1 heterocycles. The van der Waals surface area contributed by atoms with Gasteiger partial charge >= 0.3 is 0 Å². The van der Waals surface area contributed by atoms with Gasteiger partial charge in [0, 0.05) is 39.7 Å². The molecule has 0 fully saturated rings. The highest BCUT2D eigenvalue weighted by atomic mass is 35.5. The molecule has 43 heavy (non-hydrogen) atoms. The summed E-state index contributed by atoms with van der Waals surface area (Å²) in [5, 5.41) is 0.901. The Morgan fingerprint density at radius 3 is 2.21 bits per heavy atom. The Hall–Kier alpha value is -3.17. The second kappa shape index (κ2) is 12.1. The van der Waals surface area contributed by atoms with Gasteiger partial charge < -0.3 is 14.4 Å². The number of benzene rings is 2. The van der Waals surface area contributed by atoms with E-state index in [4.69, 9.17) is 21.1 Å². The zero-order chi connectivity index (χ0) is 31.1. The number of halogens is 1. The minimum Gasteiger partial charge on any atom is -0.497 e. The molecule has 0 bridgehead atoms. The highest BCUT2D eigenvalue weighted by Crippen LogP contribution is 2.50. The number of fused-ring (bicyclic) bond motifs is 2. The molecule has 2 aromatic carbocycles. The fourth-order valence-electron chi connectivity index (χ4n) is 7.63. The van der Waals surface area contributed by atoms with Crippen molar-refractivity contribution in [2.75, 3.05) is 25.7 Å². The Balaban J connectivity index is 1.49. The summed E-state index contributed by atoms with van der Waals surface area (Å²) < 4.78 is 11.2. The summed E-state index contributed by atoms with van der Waals surface area (Å²) in [5.74, 6) is 2.23. The zero-order valence-corrected chi connectivity index (χ0v) is 28.3. The van der Waals surface area contributed by atoms with Crippen LogP contribution in [0.5, 0.6) is 11.5 Å². The minimum absolute atomic E-state index is 0.129. The smallest absolute Gasteiger partial charge is 0.119 e. The maximum Gasteiger partial charge on any atom is 0.119 e. The SMILES string of the molecule is CCC1C(C)=C(/C=C/C2=C(Cl)C(=C/C=C3\N(CC)c4ccc(OC)cc4C3(C)C)/CCC2)C(C)(C)c2cc(OC)ccc21. The number of hydrogen-bond donors (Lipinski definition) is 0. The highest BCUT2D eigenvalue weighted by Gasteiger charge is 2.40. The number of anilines is 1. The Morgan fingerprint density at radius 2 is 1.56 bits per heavy atom.